The van der Waals surface area contributed by atoms with E-state index in [0.29, 0.717) is 5.88 Å². The van der Waals surface area contributed by atoms with Gasteiger partial charge in [0.15, 0.2) is 0 Å². The van der Waals surface area contributed by atoms with Crippen LogP contribution in [0.2, 0.25) is 0 Å². The zero-order valence-electron chi connectivity index (χ0n) is 9.13. The second kappa shape index (κ2) is 4.77. The summed E-state index contributed by atoms with van der Waals surface area (Å²) in [5, 5.41) is 0. The monoisotopic (exact) mass is 214 g/mol. The highest BCUT2D eigenvalue weighted by molar-refractivity contribution is 5.33. The molecule has 1 aromatic heterocycles. The van der Waals surface area contributed by atoms with E-state index >= 15 is 0 Å². The van der Waals surface area contributed by atoms with E-state index in [4.69, 9.17) is 10.5 Å². The molecule has 1 heterocycles. The van der Waals surface area contributed by atoms with Gasteiger partial charge in [0.05, 0.1) is 0 Å². The molecule has 0 aliphatic rings. The van der Waals surface area contributed by atoms with E-state index in [2.05, 4.69) is 4.98 Å². The Morgan fingerprint density at radius 1 is 1.12 bits per heavy atom. The highest BCUT2D eigenvalue weighted by atomic mass is 16.5. The normalized spacial score (nSPS) is 12.1. The summed E-state index contributed by atoms with van der Waals surface area (Å²) < 4.78 is 5.68. The molecule has 0 amide bonds. The van der Waals surface area contributed by atoms with Gasteiger partial charge in [0.2, 0.25) is 5.88 Å². The number of nitrogens with two attached hydrogens (primary N) is 1. The molecule has 0 bridgehead atoms. The maximum atomic E-state index is 5.85. The number of hydrogen-bond acceptors (Lipinski definition) is 3. The molecule has 3 heteroatoms. The van der Waals surface area contributed by atoms with Crippen molar-refractivity contribution >= 4 is 0 Å². The highest BCUT2D eigenvalue weighted by Crippen LogP contribution is 2.25. The molecule has 2 N–H and O–H groups in total. The number of para-hydroxylation sites is 1. The number of rotatable bonds is 3. The lowest BCUT2D eigenvalue weighted by molar-refractivity contribution is 0.452. The lowest BCUT2D eigenvalue weighted by Crippen LogP contribution is -2.07. The van der Waals surface area contributed by atoms with Gasteiger partial charge in [-0.15, -0.1) is 0 Å². The van der Waals surface area contributed by atoms with Crippen LogP contribution >= 0.6 is 0 Å². The lowest BCUT2D eigenvalue weighted by Gasteiger charge is -2.11. The maximum absolute atomic E-state index is 5.85. The van der Waals surface area contributed by atoms with Crippen molar-refractivity contribution in [1.29, 1.82) is 0 Å². The second-order valence-electron chi connectivity index (χ2n) is 3.60. The third kappa shape index (κ3) is 2.38. The second-order valence-corrected chi connectivity index (χ2v) is 3.60. The number of hydrogen-bond donors (Lipinski definition) is 1. The van der Waals surface area contributed by atoms with E-state index in [1.807, 2.05) is 49.4 Å². The molecule has 1 aromatic carbocycles. The Bertz CT molecular complexity index is 454. The third-order valence-corrected chi connectivity index (χ3v) is 2.25. The SMILES string of the molecule is C[C@H](N)c1cccnc1Oc1ccccc1. The molecule has 0 saturated heterocycles. The first kappa shape index (κ1) is 10.6. The van der Waals surface area contributed by atoms with Crippen LogP contribution < -0.4 is 10.5 Å². The Balaban J connectivity index is 2.28. The van der Waals surface area contributed by atoms with Gasteiger partial charge in [0, 0.05) is 17.8 Å². The van der Waals surface area contributed by atoms with Gasteiger partial charge >= 0.3 is 0 Å². The molecule has 0 aliphatic heterocycles. The molecule has 0 saturated carbocycles. The molecule has 0 unspecified atom stereocenters. The van der Waals surface area contributed by atoms with E-state index in [0.717, 1.165) is 11.3 Å². The van der Waals surface area contributed by atoms with Gasteiger partial charge in [-0.05, 0) is 25.1 Å². The molecule has 16 heavy (non-hydrogen) atoms. The predicted octanol–water partition coefficient (Wildman–Crippen LogP) is 2.89. The molecule has 1 atom stereocenters. The minimum absolute atomic E-state index is 0.0904. The first-order valence-corrected chi connectivity index (χ1v) is 5.21. The quantitative estimate of drug-likeness (QED) is 0.854. The molecule has 0 radical (unpaired) electrons. The van der Waals surface area contributed by atoms with Crippen molar-refractivity contribution in [3.8, 4) is 11.6 Å². The molecule has 82 valence electrons. The molecule has 2 aromatic rings. The van der Waals surface area contributed by atoms with Gasteiger partial charge in [-0.1, -0.05) is 24.3 Å². The van der Waals surface area contributed by atoms with Crippen molar-refractivity contribution in [3.63, 3.8) is 0 Å². The molecule has 3 nitrogen and oxygen atoms in total. The summed E-state index contributed by atoms with van der Waals surface area (Å²) in [5.74, 6) is 1.34. The van der Waals surface area contributed by atoms with Crippen LogP contribution in [0.3, 0.4) is 0 Å². The van der Waals surface area contributed by atoms with Crippen LogP contribution in [0.15, 0.2) is 48.7 Å². The van der Waals surface area contributed by atoms with Crippen molar-refractivity contribution in [2.75, 3.05) is 0 Å². The van der Waals surface area contributed by atoms with E-state index < -0.39 is 0 Å². The van der Waals surface area contributed by atoms with Gasteiger partial charge in [-0.2, -0.15) is 0 Å². The van der Waals surface area contributed by atoms with E-state index in [1.165, 1.54) is 0 Å². The van der Waals surface area contributed by atoms with Gasteiger partial charge in [-0.25, -0.2) is 4.98 Å². The number of aromatic nitrogens is 1. The first-order chi connectivity index (χ1) is 7.77. The summed E-state index contributed by atoms with van der Waals surface area (Å²) in [6.07, 6.45) is 1.70. The highest BCUT2D eigenvalue weighted by Gasteiger charge is 2.09. The first-order valence-electron chi connectivity index (χ1n) is 5.21. The van der Waals surface area contributed by atoms with Gasteiger partial charge < -0.3 is 10.5 Å². The fourth-order valence-electron chi connectivity index (χ4n) is 1.44. The van der Waals surface area contributed by atoms with Crippen molar-refractivity contribution in [1.82, 2.24) is 4.98 Å². The third-order valence-electron chi connectivity index (χ3n) is 2.25. The van der Waals surface area contributed by atoms with Gasteiger partial charge in [-0.3, -0.25) is 0 Å². The predicted molar refractivity (Wildman–Crippen MR) is 63.4 cm³/mol. The Hall–Kier alpha value is -1.87. The molecular formula is C13H14N2O. The number of nitrogens with zero attached hydrogens (tertiary/aromatic N) is 1. The van der Waals surface area contributed by atoms with Gasteiger partial charge in [0.1, 0.15) is 5.75 Å². The van der Waals surface area contributed by atoms with Crippen molar-refractivity contribution in [2.45, 2.75) is 13.0 Å². The summed E-state index contributed by atoms with van der Waals surface area (Å²) in [6.45, 7) is 1.91. The summed E-state index contributed by atoms with van der Waals surface area (Å²) in [7, 11) is 0. The Kier molecular flexibility index (Phi) is 3.17. The number of benzene rings is 1. The molecular weight excluding hydrogens is 200 g/mol. The van der Waals surface area contributed by atoms with Crippen molar-refractivity contribution < 1.29 is 4.74 Å². The molecule has 0 spiro atoms. The summed E-state index contributed by atoms with van der Waals surface area (Å²) >= 11 is 0. The van der Waals surface area contributed by atoms with E-state index in [-0.39, 0.29) is 6.04 Å². The average molecular weight is 214 g/mol. The fraction of sp³-hybridized carbons (Fsp3) is 0.154. The smallest absolute Gasteiger partial charge is 0.223 e. The van der Waals surface area contributed by atoms with Gasteiger partial charge in [0.25, 0.3) is 0 Å². The zero-order chi connectivity index (χ0) is 11.4. The van der Waals surface area contributed by atoms with Crippen molar-refractivity contribution in [2.24, 2.45) is 5.73 Å². The minimum atomic E-state index is -0.0904. The van der Waals surface area contributed by atoms with Crippen LogP contribution in [0.1, 0.15) is 18.5 Å². The van der Waals surface area contributed by atoms with E-state index in [1.54, 1.807) is 6.20 Å². The number of pyridine rings is 1. The summed E-state index contributed by atoms with van der Waals surface area (Å²) in [4.78, 5) is 4.19. The fourth-order valence-corrected chi connectivity index (χ4v) is 1.44. The summed E-state index contributed by atoms with van der Waals surface area (Å²) in [5.41, 5.74) is 6.76. The average Bonchev–Trinajstić information content (AvgIpc) is 2.31. The minimum Gasteiger partial charge on any atom is -0.439 e. The van der Waals surface area contributed by atoms with Crippen LogP contribution in [-0.4, -0.2) is 4.98 Å². The Morgan fingerprint density at radius 2 is 1.88 bits per heavy atom. The lowest BCUT2D eigenvalue weighted by atomic mass is 10.1. The van der Waals surface area contributed by atoms with Crippen LogP contribution in [0, 0.1) is 0 Å². The topological polar surface area (TPSA) is 48.1 Å². The van der Waals surface area contributed by atoms with Crippen LogP contribution in [0.25, 0.3) is 0 Å². The largest absolute Gasteiger partial charge is 0.439 e. The Morgan fingerprint density at radius 3 is 2.56 bits per heavy atom. The van der Waals surface area contributed by atoms with Crippen molar-refractivity contribution in [3.05, 3.63) is 54.2 Å². The van der Waals surface area contributed by atoms with Crippen LogP contribution in [0.5, 0.6) is 11.6 Å². The molecule has 2 rings (SSSR count). The summed E-state index contributed by atoms with van der Waals surface area (Å²) in [6, 6.07) is 13.3. The van der Waals surface area contributed by atoms with Crippen LogP contribution in [-0.2, 0) is 0 Å². The zero-order valence-corrected chi connectivity index (χ0v) is 9.13. The molecule has 0 aliphatic carbocycles. The Labute approximate surface area is 94.9 Å². The maximum Gasteiger partial charge on any atom is 0.223 e. The standard InChI is InChI=1S/C13H14N2O/c1-10(14)12-8-5-9-15-13(12)16-11-6-3-2-4-7-11/h2-10H,14H2,1H3/t10-/m0/s1. The number of ether oxygens (including phenoxy) is 1. The van der Waals surface area contributed by atoms with E-state index in [9.17, 15) is 0 Å². The molecule has 0 fully saturated rings. The van der Waals surface area contributed by atoms with Crippen LogP contribution in [0.4, 0.5) is 0 Å².